The van der Waals surface area contributed by atoms with Crippen molar-refractivity contribution < 1.29 is 19.7 Å². The first kappa shape index (κ1) is 8.49. The van der Waals surface area contributed by atoms with Gasteiger partial charge in [-0.15, -0.1) is 0 Å². The van der Waals surface area contributed by atoms with Gasteiger partial charge in [0.15, 0.2) is 0 Å². The van der Waals surface area contributed by atoms with Crippen molar-refractivity contribution in [2.24, 2.45) is 0 Å². The molecule has 0 aromatic carbocycles. The molecule has 0 aromatic rings. The second-order valence-corrected chi connectivity index (χ2v) is 2.72. The predicted molar refractivity (Wildman–Crippen MR) is 36.8 cm³/mol. The lowest BCUT2D eigenvalue weighted by atomic mass is 10.1. The molecule has 2 atom stereocenters. The molecule has 64 valence electrons. The van der Waals surface area contributed by atoms with Gasteiger partial charge in [-0.25, -0.2) is 0 Å². The molecular weight excluding hydrogens is 148 g/mol. The van der Waals surface area contributed by atoms with E-state index in [-0.39, 0.29) is 18.7 Å². The van der Waals surface area contributed by atoms with E-state index < -0.39 is 6.10 Å². The largest absolute Gasteiger partial charge is 0.462 e. The number of aliphatic hydroxyl groups excluding tert-OH is 2. The fourth-order valence-corrected chi connectivity index (χ4v) is 1.13. The van der Waals surface area contributed by atoms with Crippen LogP contribution in [0, 0.1) is 0 Å². The number of aliphatic hydroxyl groups is 2. The lowest BCUT2D eigenvalue weighted by Gasteiger charge is -2.11. The highest BCUT2D eigenvalue weighted by Gasteiger charge is 2.25. The number of carbonyl (C=O) groups is 1. The van der Waals surface area contributed by atoms with Gasteiger partial charge in [-0.05, 0) is 6.42 Å². The van der Waals surface area contributed by atoms with E-state index in [2.05, 4.69) is 0 Å². The molecule has 0 saturated carbocycles. The molecule has 1 fully saturated rings. The highest BCUT2D eigenvalue weighted by molar-refractivity contribution is 5.71. The zero-order valence-corrected chi connectivity index (χ0v) is 6.19. The van der Waals surface area contributed by atoms with Crippen molar-refractivity contribution in [3.63, 3.8) is 0 Å². The van der Waals surface area contributed by atoms with Crippen molar-refractivity contribution in [3.05, 3.63) is 0 Å². The van der Waals surface area contributed by atoms with Gasteiger partial charge in [0.1, 0.15) is 6.10 Å². The molecule has 2 unspecified atom stereocenters. The second kappa shape index (κ2) is 3.69. The molecule has 4 nitrogen and oxygen atoms in total. The fraction of sp³-hybridized carbons (Fsp3) is 0.857. The minimum Gasteiger partial charge on any atom is -0.462 e. The minimum absolute atomic E-state index is 0.190. The number of rotatable bonds is 3. The van der Waals surface area contributed by atoms with Crippen LogP contribution in [0.2, 0.25) is 0 Å². The molecule has 1 heterocycles. The molecule has 0 aliphatic carbocycles. The predicted octanol–water partition coefficient (Wildman–Crippen LogP) is -0.565. The number of carbonyl (C=O) groups excluding carboxylic acids is 1. The van der Waals surface area contributed by atoms with Gasteiger partial charge in [-0.1, -0.05) is 0 Å². The first-order valence-electron chi connectivity index (χ1n) is 3.70. The Balaban J connectivity index is 2.22. The number of esters is 1. The molecule has 2 N–H and O–H groups in total. The SMILES string of the molecule is O=C1CCC(CC(O)CO)O1. The number of cyclic esters (lactones) is 1. The molecular formula is C7H12O4. The van der Waals surface area contributed by atoms with Crippen molar-refractivity contribution in [2.75, 3.05) is 6.61 Å². The standard InChI is InChI=1S/C7H12O4/c8-4-5(9)3-6-1-2-7(10)11-6/h5-6,8-9H,1-4H2. The summed E-state index contributed by atoms with van der Waals surface area (Å²) in [7, 11) is 0. The fourth-order valence-electron chi connectivity index (χ4n) is 1.13. The van der Waals surface area contributed by atoms with E-state index in [1.165, 1.54) is 0 Å². The summed E-state index contributed by atoms with van der Waals surface area (Å²) >= 11 is 0. The maximum atomic E-state index is 10.6. The van der Waals surface area contributed by atoms with Gasteiger partial charge < -0.3 is 14.9 Å². The second-order valence-electron chi connectivity index (χ2n) is 2.72. The molecule has 0 bridgehead atoms. The van der Waals surface area contributed by atoms with E-state index in [0.29, 0.717) is 19.3 Å². The van der Waals surface area contributed by atoms with Crippen LogP contribution in [-0.4, -0.2) is 35.0 Å². The smallest absolute Gasteiger partial charge is 0.306 e. The van der Waals surface area contributed by atoms with E-state index >= 15 is 0 Å². The van der Waals surface area contributed by atoms with Crippen molar-refractivity contribution in [3.8, 4) is 0 Å². The van der Waals surface area contributed by atoms with Gasteiger partial charge in [0.05, 0.1) is 12.7 Å². The number of ether oxygens (including phenoxy) is 1. The number of hydrogen-bond donors (Lipinski definition) is 2. The van der Waals surface area contributed by atoms with Crippen molar-refractivity contribution in [1.82, 2.24) is 0 Å². The van der Waals surface area contributed by atoms with E-state index in [1.807, 2.05) is 0 Å². The third-order valence-electron chi connectivity index (χ3n) is 1.71. The van der Waals surface area contributed by atoms with E-state index in [4.69, 9.17) is 14.9 Å². The first-order valence-corrected chi connectivity index (χ1v) is 3.70. The van der Waals surface area contributed by atoms with Gasteiger partial charge in [0, 0.05) is 12.8 Å². The summed E-state index contributed by atoms with van der Waals surface area (Å²) in [6, 6.07) is 0. The quantitative estimate of drug-likeness (QED) is 0.543. The maximum absolute atomic E-state index is 10.6. The Kier molecular flexibility index (Phi) is 2.84. The Morgan fingerprint density at radius 1 is 1.73 bits per heavy atom. The lowest BCUT2D eigenvalue weighted by molar-refractivity contribution is -0.142. The lowest BCUT2D eigenvalue weighted by Crippen LogP contribution is -2.20. The number of hydrogen-bond acceptors (Lipinski definition) is 4. The summed E-state index contributed by atoms with van der Waals surface area (Å²) in [6.45, 7) is -0.270. The van der Waals surface area contributed by atoms with Crippen LogP contribution in [0.5, 0.6) is 0 Å². The highest BCUT2D eigenvalue weighted by atomic mass is 16.5. The molecule has 1 saturated heterocycles. The van der Waals surface area contributed by atoms with E-state index in [9.17, 15) is 4.79 Å². The summed E-state index contributed by atoms with van der Waals surface area (Å²) < 4.78 is 4.82. The Morgan fingerprint density at radius 3 is 2.91 bits per heavy atom. The molecule has 4 heteroatoms. The Labute approximate surface area is 64.8 Å². The Hall–Kier alpha value is -0.610. The highest BCUT2D eigenvalue weighted by Crippen LogP contribution is 2.17. The molecule has 0 amide bonds. The van der Waals surface area contributed by atoms with Crippen LogP contribution in [0.15, 0.2) is 0 Å². The van der Waals surface area contributed by atoms with Crippen LogP contribution in [0.4, 0.5) is 0 Å². The normalized spacial score (nSPS) is 26.7. The molecule has 1 rings (SSSR count). The zero-order chi connectivity index (χ0) is 8.27. The summed E-state index contributed by atoms with van der Waals surface area (Å²) in [5.41, 5.74) is 0. The van der Waals surface area contributed by atoms with Gasteiger partial charge in [-0.2, -0.15) is 0 Å². The molecule has 1 aliphatic heterocycles. The average Bonchev–Trinajstić information content (AvgIpc) is 2.35. The molecule has 1 aliphatic rings. The van der Waals surface area contributed by atoms with Crippen LogP contribution >= 0.6 is 0 Å². The third-order valence-corrected chi connectivity index (χ3v) is 1.71. The first-order chi connectivity index (χ1) is 5.22. The summed E-state index contributed by atoms with van der Waals surface area (Å²) in [4.78, 5) is 10.6. The summed E-state index contributed by atoms with van der Waals surface area (Å²) in [5.74, 6) is -0.208. The van der Waals surface area contributed by atoms with Crippen LogP contribution < -0.4 is 0 Å². The van der Waals surface area contributed by atoms with Crippen molar-refractivity contribution in [2.45, 2.75) is 31.5 Å². The molecule has 0 radical (unpaired) electrons. The summed E-state index contributed by atoms with van der Waals surface area (Å²) in [6.07, 6.45) is 0.497. The van der Waals surface area contributed by atoms with E-state index in [1.54, 1.807) is 0 Å². The average molecular weight is 160 g/mol. The van der Waals surface area contributed by atoms with Crippen LogP contribution in [0.25, 0.3) is 0 Å². The summed E-state index contributed by atoms with van der Waals surface area (Å²) in [5, 5.41) is 17.4. The van der Waals surface area contributed by atoms with Crippen LogP contribution in [0.3, 0.4) is 0 Å². The van der Waals surface area contributed by atoms with Gasteiger partial charge in [0.2, 0.25) is 0 Å². The molecule has 11 heavy (non-hydrogen) atoms. The van der Waals surface area contributed by atoms with Gasteiger partial charge in [-0.3, -0.25) is 4.79 Å². The van der Waals surface area contributed by atoms with Crippen molar-refractivity contribution in [1.29, 1.82) is 0 Å². The molecule has 0 aromatic heterocycles. The van der Waals surface area contributed by atoms with Crippen LogP contribution in [0.1, 0.15) is 19.3 Å². The van der Waals surface area contributed by atoms with Gasteiger partial charge in [0.25, 0.3) is 0 Å². The van der Waals surface area contributed by atoms with Crippen molar-refractivity contribution >= 4 is 5.97 Å². The Bertz CT molecular complexity index is 145. The van der Waals surface area contributed by atoms with E-state index in [0.717, 1.165) is 0 Å². The van der Waals surface area contributed by atoms with Gasteiger partial charge >= 0.3 is 5.97 Å². The molecule has 0 spiro atoms. The zero-order valence-electron chi connectivity index (χ0n) is 6.19. The monoisotopic (exact) mass is 160 g/mol. The minimum atomic E-state index is -0.758. The topological polar surface area (TPSA) is 66.8 Å². The third kappa shape index (κ3) is 2.48. The Morgan fingerprint density at radius 2 is 2.45 bits per heavy atom. The maximum Gasteiger partial charge on any atom is 0.306 e. The van der Waals surface area contributed by atoms with Crippen LogP contribution in [-0.2, 0) is 9.53 Å².